The standard InChI is InChI=1S/C13H10N2O/c1-2-13(16)12(9-15)7-10-3-5-11(8-14)6-4-10/h3-7H,2H2,1H3. The van der Waals surface area contributed by atoms with Gasteiger partial charge in [0.25, 0.3) is 0 Å². The monoisotopic (exact) mass is 210 g/mol. The molecule has 0 bridgehead atoms. The van der Waals surface area contributed by atoms with Crippen LogP contribution in [0.5, 0.6) is 0 Å². The first-order valence-corrected chi connectivity index (χ1v) is 4.86. The van der Waals surface area contributed by atoms with Gasteiger partial charge in [-0.1, -0.05) is 19.1 Å². The molecule has 0 N–H and O–H groups in total. The van der Waals surface area contributed by atoms with Gasteiger partial charge < -0.3 is 0 Å². The van der Waals surface area contributed by atoms with Crippen LogP contribution in [-0.2, 0) is 4.79 Å². The Morgan fingerprint density at radius 2 is 1.94 bits per heavy atom. The van der Waals surface area contributed by atoms with E-state index in [1.54, 1.807) is 31.2 Å². The van der Waals surface area contributed by atoms with Crippen LogP contribution >= 0.6 is 0 Å². The van der Waals surface area contributed by atoms with Gasteiger partial charge in [-0.25, -0.2) is 0 Å². The number of hydrogen-bond acceptors (Lipinski definition) is 3. The third-order valence-corrected chi connectivity index (χ3v) is 2.09. The van der Waals surface area contributed by atoms with E-state index >= 15 is 0 Å². The molecule has 0 fully saturated rings. The van der Waals surface area contributed by atoms with Crippen molar-refractivity contribution in [3.63, 3.8) is 0 Å². The second-order valence-corrected chi connectivity index (χ2v) is 3.18. The maximum atomic E-state index is 11.3. The average molecular weight is 210 g/mol. The lowest BCUT2D eigenvalue weighted by molar-refractivity contribution is -0.114. The summed E-state index contributed by atoms with van der Waals surface area (Å²) in [5.74, 6) is -0.174. The van der Waals surface area contributed by atoms with Gasteiger partial charge in [-0.15, -0.1) is 0 Å². The van der Waals surface area contributed by atoms with Gasteiger partial charge in [0.05, 0.1) is 17.2 Å². The largest absolute Gasteiger partial charge is 0.293 e. The molecule has 0 unspecified atom stereocenters. The highest BCUT2D eigenvalue weighted by Gasteiger charge is 2.05. The molecule has 0 saturated carbocycles. The van der Waals surface area contributed by atoms with Crippen molar-refractivity contribution < 1.29 is 4.79 Å². The summed E-state index contributed by atoms with van der Waals surface area (Å²) in [5, 5.41) is 17.4. The number of carbonyl (C=O) groups excluding carboxylic acids is 1. The molecule has 3 heteroatoms. The Kier molecular flexibility index (Phi) is 4.00. The molecule has 0 saturated heterocycles. The third kappa shape index (κ3) is 2.80. The van der Waals surface area contributed by atoms with E-state index in [9.17, 15) is 4.79 Å². The summed E-state index contributed by atoms with van der Waals surface area (Å²) in [4.78, 5) is 11.3. The summed E-state index contributed by atoms with van der Waals surface area (Å²) in [7, 11) is 0. The number of nitrogens with zero attached hydrogens (tertiary/aromatic N) is 2. The Morgan fingerprint density at radius 3 is 2.38 bits per heavy atom. The second kappa shape index (κ2) is 5.48. The van der Waals surface area contributed by atoms with Gasteiger partial charge in [-0.2, -0.15) is 10.5 Å². The Bertz CT molecular complexity index is 498. The molecule has 0 amide bonds. The Hall–Kier alpha value is -2.39. The molecule has 0 spiro atoms. The van der Waals surface area contributed by atoms with Crippen molar-refractivity contribution in [2.24, 2.45) is 0 Å². The minimum atomic E-state index is -0.174. The van der Waals surface area contributed by atoms with E-state index in [2.05, 4.69) is 0 Å². The van der Waals surface area contributed by atoms with Crippen molar-refractivity contribution in [3.8, 4) is 12.1 Å². The first-order valence-electron chi connectivity index (χ1n) is 4.86. The average Bonchev–Trinajstić information content (AvgIpc) is 2.35. The molecule has 16 heavy (non-hydrogen) atoms. The van der Waals surface area contributed by atoms with Gasteiger partial charge in [-0.05, 0) is 23.8 Å². The smallest absolute Gasteiger partial charge is 0.173 e. The van der Waals surface area contributed by atoms with Crippen molar-refractivity contribution in [3.05, 3.63) is 41.0 Å². The molecule has 0 heterocycles. The number of carbonyl (C=O) groups is 1. The van der Waals surface area contributed by atoms with Gasteiger partial charge in [0.15, 0.2) is 5.78 Å². The number of benzene rings is 1. The van der Waals surface area contributed by atoms with E-state index in [0.717, 1.165) is 5.56 Å². The highest BCUT2D eigenvalue weighted by Crippen LogP contribution is 2.10. The number of Topliss-reactive ketones (excluding diaryl/α,β-unsaturated/α-hetero) is 1. The summed E-state index contributed by atoms with van der Waals surface area (Å²) in [5.41, 5.74) is 1.45. The lowest BCUT2D eigenvalue weighted by Crippen LogP contribution is -1.97. The topological polar surface area (TPSA) is 64.7 Å². The van der Waals surface area contributed by atoms with Crippen LogP contribution in [0.3, 0.4) is 0 Å². The fraction of sp³-hybridized carbons (Fsp3) is 0.154. The summed E-state index contributed by atoms with van der Waals surface area (Å²) >= 11 is 0. The molecule has 0 radical (unpaired) electrons. The maximum absolute atomic E-state index is 11.3. The zero-order valence-corrected chi connectivity index (χ0v) is 8.90. The number of nitriles is 2. The molecule has 1 rings (SSSR count). The molecule has 3 nitrogen and oxygen atoms in total. The number of hydrogen-bond donors (Lipinski definition) is 0. The molecule has 1 aromatic carbocycles. The minimum Gasteiger partial charge on any atom is -0.293 e. The van der Waals surface area contributed by atoms with Crippen LogP contribution in [0.25, 0.3) is 6.08 Å². The SMILES string of the molecule is CCC(=O)C(C#N)=Cc1ccc(C#N)cc1. The van der Waals surface area contributed by atoms with E-state index in [0.29, 0.717) is 12.0 Å². The number of allylic oxidation sites excluding steroid dienone is 1. The summed E-state index contributed by atoms with van der Waals surface area (Å²) in [6.07, 6.45) is 1.85. The van der Waals surface area contributed by atoms with E-state index in [-0.39, 0.29) is 11.4 Å². The zero-order valence-electron chi connectivity index (χ0n) is 8.90. The van der Waals surface area contributed by atoms with Crippen molar-refractivity contribution in [2.75, 3.05) is 0 Å². The molecular weight excluding hydrogens is 200 g/mol. The van der Waals surface area contributed by atoms with Crippen molar-refractivity contribution >= 4 is 11.9 Å². The molecule has 0 aromatic heterocycles. The Morgan fingerprint density at radius 1 is 1.31 bits per heavy atom. The van der Waals surface area contributed by atoms with Gasteiger partial charge in [0, 0.05) is 6.42 Å². The molecule has 0 aliphatic rings. The van der Waals surface area contributed by atoms with E-state index in [1.165, 1.54) is 6.08 Å². The Balaban J connectivity index is 3.02. The number of ketones is 1. The van der Waals surface area contributed by atoms with Crippen molar-refractivity contribution in [1.29, 1.82) is 10.5 Å². The van der Waals surface area contributed by atoms with Gasteiger partial charge >= 0.3 is 0 Å². The fourth-order valence-electron chi connectivity index (χ4n) is 1.19. The quantitative estimate of drug-likeness (QED) is 0.568. The van der Waals surface area contributed by atoms with Gasteiger partial charge in [0.2, 0.25) is 0 Å². The van der Waals surface area contributed by atoms with Crippen LogP contribution in [-0.4, -0.2) is 5.78 Å². The molecule has 1 aromatic rings. The van der Waals surface area contributed by atoms with Crippen LogP contribution < -0.4 is 0 Å². The molecular formula is C13H10N2O. The van der Waals surface area contributed by atoms with Crippen molar-refractivity contribution in [1.82, 2.24) is 0 Å². The van der Waals surface area contributed by atoms with Crippen molar-refractivity contribution in [2.45, 2.75) is 13.3 Å². The van der Waals surface area contributed by atoms with Crippen LogP contribution in [0, 0.1) is 22.7 Å². The van der Waals surface area contributed by atoms with Gasteiger partial charge in [-0.3, -0.25) is 4.79 Å². The fourth-order valence-corrected chi connectivity index (χ4v) is 1.19. The van der Waals surface area contributed by atoms with E-state index < -0.39 is 0 Å². The maximum Gasteiger partial charge on any atom is 0.173 e. The number of rotatable bonds is 3. The predicted molar refractivity (Wildman–Crippen MR) is 60.0 cm³/mol. The van der Waals surface area contributed by atoms with Crippen LogP contribution in [0.4, 0.5) is 0 Å². The van der Waals surface area contributed by atoms with E-state index in [1.807, 2.05) is 12.1 Å². The molecule has 78 valence electrons. The van der Waals surface area contributed by atoms with Crippen LogP contribution in [0.1, 0.15) is 24.5 Å². The predicted octanol–water partition coefficient (Wildman–Crippen LogP) is 2.44. The highest BCUT2D eigenvalue weighted by atomic mass is 16.1. The molecule has 0 aliphatic heterocycles. The third-order valence-electron chi connectivity index (χ3n) is 2.09. The Labute approximate surface area is 94.2 Å². The normalized spacial score (nSPS) is 10.3. The second-order valence-electron chi connectivity index (χ2n) is 3.18. The molecule has 0 atom stereocenters. The first-order chi connectivity index (χ1) is 7.71. The zero-order chi connectivity index (χ0) is 12.0. The minimum absolute atomic E-state index is 0.146. The lowest BCUT2D eigenvalue weighted by Gasteiger charge is -1.96. The van der Waals surface area contributed by atoms with E-state index in [4.69, 9.17) is 10.5 Å². The van der Waals surface area contributed by atoms with Crippen LogP contribution in [0.15, 0.2) is 29.8 Å². The lowest BCUT2D eigenvalue weighted by atomic mass is 10.1. The first kappa shape index (κ1) is 11.7. The summed E-state index contributed by atoms with van der Waals surface area (Å²) < 4.78 is 0. The molecule has 0 aliphatic carbocycles. The summed E-state index contributed by atoms with van der Waals surface area (Å²) in [6.45, 7) is 1.71. The van der Waals surface area contributed by atoms with Crippen LogP contribution in [0.2, 0.25) is 0 Å². The highest BCUT2D eigenvalue weighted by molar-refractivity contribution is 6.02. The summed E-state index contributed by atoms with van der Waals surface area (Å²) in [6, 6.07) is 10.6. The van der Waals surface area contributed by atoms with Gasteiger partial charge in [0.1, 0.15) is 6.07 Å².